The highest BCUT2D eigenvalue weighted by molar-refractivity contribution is 5.89. The van der Waals surface area contributed by atoms with Crippen molar-refractivity contribution in [3.05, 3.63) is 47.2 Å². The SMILES string of the molecule is CC(C)c1cc(F)c([C@H](C)Nc2nccc(N3C(=O)OCC3[C@@H](C)O)n2)cc1F. The Morgan fingerprint density at radius 3 is 2.52 bits per heavy atom. The molecule has 1 amide bonds. The summed E-state index contributed by atoms with van der Waals surface area (Å²) in [5.41, 5.74) is 0.455. The van der Waals surface area contributed by atoms with Crippen LogP contribution in [0.25, 0.3) is 0 Å². The third-order valence-corrected chi connectivity index (χ3v) is 4.90. The van der Waals surface area contributed by atoms with Crippen LogP contribution in [0.3, 0.4) is 0 Å². The molecule has 1 fully saturated rings. The number of aliphatic hydroxyl groups excluding tert-OH is 1. The number of carbonyl (C=O) groups excluding carboxylic acids is 1. The van der Waals surface area contributed by atoms with Crippen LogP contribution >= 0.6 is 0 Å². The normalized spacial score (nSPS) is 18.7. The lowest BCUT2D eigenvalue weighted by Gasteiger charge is -2.23. The van der Waals surface area contributed by atoms with Gasteiger partial charge in [-0.25, -0.2) is 18.6 Å². The number of aliphatic hydroxyl groups is 1. The van der Waals surface area contributed by atoms with Crippen LogP contribution in [-0.4, -0.2) is 39.9 Å². The molecule has 0 saturated carbocycles. The number of ether oxygens (including phenoxy) is 1. The molecule has 7 nitrogen and oxygen atoms in total. The van der Waals surface area contributed by atoms with Crippen molar-refractivity contribution in [2.24, 2.45) is 0 Å². The van der Waals surface area contributed by atoms with Crippen LogP contribution in [-0.2, 0) is 4.74 Å². The Morgan fingerprint density at radius 1 is 1.21 bits per heavy atom. The molecular formula is C20H24F2N4O3. The van der Waals surface area contributed by atoms with Gasteiger partial charge in [0.15, 0.2) is 0 Å². The van der Waals surface area contributed by atoms with E-state index in [1.54, 1.807) is 27.7 Å². The summed E-state index contributed by atoms with van der Waals surface area (Å²) < 4.78 is 33.8. The van der Waals surface area contributed by atoms with Crippen molar-refractivity contribution in [2.45, 2.75) is 51.8 Å². The third-order valence-electron chi connectivity index (χ3n) is 4.90. The molecule has 2 heterocycles. The molecule has 156 valence electrons. The lowest BCUT2D eigenvalue weighted by atomic mass is 9.98. The van der Waals surface area contributed by atoms with E-state index >= 15 is 0 Å². The molecule has 0 radical (unpaired) electrons. The highest BCUT2D eigenvalue weighted by atomic mass is 19.1. The quantitative estimate of drug-likeness (QED) is 0.760. The van der Waals surface area contributed by atoms with Crippen LogP contribution in [0, 0.1) is 11.6 Å². The van der Waals surface area contributed by atoms with Gasteiger partial charge in [0, 0.05) is 11.8 Å². The van der Waals surface area contributed by atoms with Gasteiger partial charge in [0.2, 0.25) is 5.95 Å². The first-order chi connectivity index (χ1) is 13.7. The van der Waals surface area contributed by atoms with Crippen molar-refractivity contribution >= 4 is 17.9 Å². The van der Waals surface area contributed by atoms with Crippen LogP contribution in [0.4, 0.5) is 25.3 Å². The highest BCUT2D eigenvalue weighted by Crippen LogP contribution is 2.28. The van der Waals surface area contributed by atoms with Crippen molar-refractivity contribution in [3.63, 3.8) is 0 Å². The zero-order chi connectivity index (χ0) is 21.3. The number of rotatable bonds is 6. The fourth-order valence-corrected chi connectivity index (χ4v) is 3.23. The van der Waals surface area contributed by atoms with Gasteiger partial charge >= 0.3 is 6.09 Å². The van der Waals surface area contributed by atoms with Gasteiger partial charge in [-0.3, -0.25) is 4.90 Å². The fourth-order valence-electron chi connectivity index (χ4n) is 3.23. The maximum Gasteiger partial charge on any atom is 0.416 e. The number of benzene rings is 1. The molecule has 3 rings (SSSR count). The molecule has 1 aliphatic heterocycles. The molecule has 2 aromatic rings. The minimum Gasteiger partial charge on any atom is -0.447 e. The smallest absolute Gasteiger partial charge is 0.416 e. The second-order valence-electron chi connectivity index (χ2n) is 7.41. The van der Waals surface area contributed by atoms with Gasteiger partial charge in [-0.05, 0) is 43.5 Å². The minimum absolute atomic E-state index is 0.0480. The van der Waals surface area contributed by atoms with Gasteiger partial charge in [-0.2, -0.15) is 4.98 Å². The Balaban J connectivity index is 1.84. The number of carbonyl (C=O) groups is 1. The third kappa shape index (κ3) is 4.29. The van der Waals surface area contributed by atoms with Crippen LogP contribution in [0.5, 0.6) is 0 Å². The maximum atomic E-state index is 14.5. The standard InChI is InChI=1S/C20H24F2N4O3/c1-10(2)13-7-16(22)14(8-15(13)21)11(3)24-19-23-6-5-18(25-19)26-17(12(4)27)9-29-20(26)28/h5-8,10-12,17,27H,9H2,1-4H3,(H,23,24,25)/t11-,12+,17?/m0/s1. The average Bonchev–Trinajstić information content (AvgIpc) is 3.05. The van der Waals surface area contributed by atoms with E-state index in [-0.39, 0.29) is 29.9 Å². The zero-order valence-corrected chi connectivity index (χ0v) is 16.7. The molecule has 1 unspecified atom stereocenters. The Morgan fingerprint density at radius 2 is 1.86 bits per heavy atom. The van der Waals surface area contributed by atoms with Crippen molar-refractivity contribution in [1.29, 1.82) is 0 Å². The molecule has 0 spiro atoms. The molecule has 1 aromatic carbocycles. The van der Waals surface area contributed by atoms with E-state index in [1.165, 1.54) is 29.3 Å². The summed E-state index contributed by atoms with van der Waals surface area (Å²) >= 11 is 0. The first-order valence-electron chi connectivity index (χ1n) is 9.41. The van der Waals surface area contributed by atoms with Crippen LogP contribution in [0.2, 0.25) is 0 Å². The van der Waals surface area contributed by atoms with E-state index < -0.39 is 35.9 Å². The first-order valence-corrected chi connectivity index (χ1v) is 9.41. The monoisotopic (exact) mass is 406 g/mol. The summed E-state index contributed by atoms with van der Waals surface area (Å²) in [6.45, 7) is 6.85. The van der Waals surface area contributed by atoms with E-state index in [0.717, 1.165) is 0 Å². The predicted molar refractivity (Wildman–Crippen MR) is 104 cm³/mol. The van der Waals surface area contributed by atoms with Crippen molar-refractivity contribution in [1.82, 2.24) is 9.97 Å². The van der Waals surface area contributed by atoms with Crippen molar-refractivity contribution < 1.29 is 23.4 Å². The Bertz CT molecular complexity index is 907. The lowest BCUT2D eigenvalue weighted by Crippen LogP contribution is -2.41. The zero-order valence-electron chi connectivity index (χ0n) is 16.7. The number of hydrogen-bond donors (Lipinski definition) is 2. The molecule has 2 N–H and O–H groups in total. The van der Waals surface area contributed by atoms with Crippen molar-refractivity contribution in [2.75, 3.05) is 16.8 Å². The Labute approximate surface area is 167 Å². The summed E-state index contributed by atoms with van der Waals surface area (Å²) in [4.78, 5) is 21.7. The molecule has 9 heteroatoms. The molecule has 0 bridgehead atoms. The number of nitrogens with one attached hydrogen (secondary N) is 1. The van der Waals surface area contributed by atoms with Gasteiger partial charge in [0.05, 0.1) is 12.1 Å². The van der Waals surface area contributed by atoms with Crippen LogP contribution in [0.15, 0.2) is 24.4 Å². The van der Waals surface area contributed by atoms with Gasteiger partial charge in [-0.15, -0.1) is 0 Å². The maximum absolute atomic E-state index is 14.5. The van der Waals surface area contributed by atoms with Crippen LogP contribution < -0.4 is 10.2 Å². The van der Waals surface area contributed by atoms with Crippen LogP contribution in [0.1, 0.15) is 50.8 Å². The second-order valence-corrected chi connectivity index (χ2v) is 7.41. The molecule has 0 aliphatic carbocycles. The Kier molecular flexibility index (Phi) is 5.97. The lowest BCUT2D eigenvalue weighted by molar-refractivity contribution is 0.142. The van der Waals surface area contributed by atoms with Gasteiger partial charge < -0.3 is 15.2 Å². The van der Waals surface area contributed by atoms with Crippen molar-refractivity contribution in [3.8, 4) is 0 Å². The minimum atomic E-state index is -0.816. The largest absolute Gasteiger partial charge is 0.447 e. The number of cyclic esters (lactones) is 1. The highest BCUT2D eigenvalue weighted by Gasteiger charge is 2.38. The summed E-state index contributed by atoms with van der Waals surface area (Å²) in [6.07, 6.45) is -0.00441. The predicted octanol–water partition coefficient (Wildman–Crippen LogP) is 3.76. The topological polar surface area (TPSA) is 87.6 Å². The first kappa shape index (κ1) is 20.9. The molecule has 29 heavy (non-hydrogen) atoms. The fraction of sp³-hybridized carbons (Fsp3) is 0.450. The van der Waals surface area contributed by atoms with E-state index in [4.69, 9.17) is 4.74 Å². The number of anilines is 2. The Hall–Kier alpha value is -2.81. The van der Waals surface area contributed by atoms with Gasteiger partial charge in [0.1, 0.15) is 30.1 Å². The number of halogens is 2. The molecular weight excluding hydrogens is 382 g/mol. The number of amides is 1. The van der Waals surface area contributed by atoms with E-state index in [2.05, 4.69) is 15.3 Å². The van der Waals surface area contributed by atoms with E-state index in [0.29, 0.717) is 5.56 Å². The molecule has 1 aliphatic rings. The second kappa shape index (κ2) is 8.28. The van der Waals surface area contributed by atoms with Gasteiger partial charge in [-0.1, -0.05) is 13.8 Å². The summed E-state index contributed by atoms with van der Waals surface area (Å²) in [6, 6.07) is 2.69. The average molecular weight is 406 g/mol. The van der Waals surface area contributed by atoms with E-state index in [9.17, 15) is 18.7 Å². The van der Waals surface area contributed by atoms with Gasteiger partial charge in [0.25, 0.3) is 0 Å². The number of aromatic nitrogens is 2. The summed E-state index contributed by atoms with van der Waals surface area (Å²) in [5, 5.41) is 12.8. The molecule has 1 aromatic heterocycles. The molecule has 1 saturated heterocycles. The molecule has 3 atom stereocenters. The number of hydrogen-bond acceptors (Lipinski definition) is 6. The summed E-state index contributed by atoms with van der Waals surface area (Å²) in [7, 11) is 0. The van der Waals surface area contributed by atoms with E-state index in [1.807, 2.05) is 0 Å². The summed E-state index contributed by atoms with van der Waals surface area (Å²) in [5.74, 6) is -0.761. The number of nitrogens with zero attached hydrogens (tertiary/aromatic N) is 3.